The highest BCUT2D eigenvalue weighted by Crippen LogP contribution is 2.37. The van der Waals surface area contributed by atoms with Crippen molar-refractivity contribution in [1.29, 1.82) is 0 Å². The Balaban J connectivity index is 2.22. The molecule has 3 atom stereocenters. The number of likely N-dealkylation sites (tertiary alicyclic amines) is 1. The third-order valence-corrected chi connectivity index (χ3v) is 4.98. The molecule has 0 bridgehead atoms. The zero-order valence-corrected chi connectivity index (χ0v) is 13.2. The van der Waals surface area contributed by atoms with E-state index < -0.39 is 0 Å². The van der Waals surface area contributed by atoms with Gasteiger partial charge in [-0.1, -0.05) is 12.8 Å². The molecule has 2 fully saturated rings. The van der Waals surface area contributed by atoms with E-state index in [1.54, 1.807) is 0 Å². The van der Waals surface area contributed by atoms with E-state index in [9.17, 15) is 0 Å². The second-order valence-electron chi connectivity index (χ2n) is 7.11. The molecule has 0 amide bonds. The van der Waals surface area contributed by atoms with Crippen molar-refractivity contribution in [2.75, 3.05) is 7.05 Å². The summed E-state index contributed by atoms with van der Waals surface area (Å²) in [7, 11) is 4.19. The third kappa shape index (κ3) is 3.33. The predicted octanol–water partition coefficient (Wildman–Crippen LogP) is 1.76. The molecule has 0 aromatic carbocycles. The normalized spacial score (nSPS) is 39.0. The number of piperidine rings is 1. The van der Waals surface area contributed by atoms with Gasteiger partial charge in [-0.05, 0) is 50.9 Å². The van der Waals surface area contributed by atoms with Crippen molar-refractivity contribution in [3.05, 3.63) is 0 Å². The van der Waals surface area contributed by atoms with Gasteiger partial charge in [0.25, 0.3) is 0 Å². The molecular weight excluding hydrogens is 233 g/mol. The number of hydrogen-bond acceptors (Lipinski definition) is 2. The molecule has 0 spiro atoms. The van der Waals surface area contributed by atoms with Crippen molar-refractivity contribution in [2.24, 2.45) is 16.6 Å². The average Bonchev–Trinajstić information content (AvgIpc) is 2.32. The number of rotatable bonds is 1. The van der Waals surface area contributed by atoms with Gasteiger partial charge in [0.05, 0.1) is 5.84 Å². The summed E-state index contributed by atoms with van der Waals surface area (Å²) in [6.07, 6.45) is 8.68. The lowest BCUT2D eigenvalue weighted by Crippen LogP contribution is -2.55. The monoisotopic (exact) mass is 263 g/mol. The summed E-state index contributed by atoms with van der Waals surface area (Å²) in [6, 6.07) is 1.21. The molecule has 1 saturated carbocycles. The Hall–Kier alpha value is -0.505. The minimum absolute atomic E-state index is 0.0346. The molecular formula is C15H30BN3. The van der Waals surface area contributed by atoms with Crippen LogP contribution in [0, 0.1) is 5.92 Å². The van der Waals surface area contributed by atoms with Gasteiger partial charge in [0.1, 0.15) is 7.85 Å². The summed E-state index contributed by atoms with van der Waals surface area (Å²) in [4.78, 5) is 7.14. The number of nitrogens with two attached hydrogens (primary N) is 1. The quantitative estimate of drug-likeness (QED) is 0.732. The molecule has 1 aliphatic carbocycles. The summed E-state index contributed by atoms with van der Waals surface area (Å²) in [6.45, 7) is 4.60. The van der Waals surface area contributed by atoms with Gasteiger partial charge in [-0.2, -0.15) is 0 Å². The molecule has 3 nitrogen and oxygen atoms in total. The number of nitrogens with zero attached hydrogens (tertiary/aromatic N) is 2. The van der Waals surface area contributed by atoms with E-state index in [0.717, 1.165) is 12.3 Å². The molecule has 1 saturated heterocycles. The van der Waals surface area contributed by atoms with Crippen LogP contribution in [-0.2, 0) is 0 Å². The second-order valence-corrected chi connectivity index (χ2v) is 7.11. The number of amidine groups is 1. The number of aliphatic imine (C=N–C) groups is 1. The van der Waals surface area contributed by atoms with E-state index in [-0.39, 0.29) is 5.44 Å². The first-order valence-electron chi connectivity index (χ1n) is 7.97. The standard InChI is InChI=1S/C15H30BN3/c1-11(2)19-13-6-4-5-9-15(16,17)10-12(13)7-8-14(19)18-3/h11-13H,4-10,16-17H2,1-3H3/b18-14+. The summed E-state index contributed by atoms with van der Waals surface area (Å²) in [5.41, 5.74) is 6.53. The van der Waals surface area contributed by atoms with Crippen LogP contribution in [0.4, 0.5) is 0 Å². The van der Waals surface area contributed by atoms with Crippen molar-refractivity contribution in [2.45, 2.75) is 76.3 Å². The summed E-state index contributed by atoms with van der Waals surface area (Å²) < 4.78 is 0. The van der Waals surface area contributed by atoms with E-state index >= 15 is 0 Å². The molecule has 1 heterocycles. The molecule has 2 aliphatic rings. The van der Waals surface area contributed by atoms with E-state index in [1.165, 1.54) is 44.4 Å². The van der Waals surface area contributed by atoms with E-state index in [4.69, 9.17) is 5.73 Å². The second kappa shape index (κ2) is 5.86. The van der Waals surface area contributed by atoms with Gasteiger partial charge in [0.2, 0.25) is 0 Å². The largest absolute Gasteiger partial charge is 0.355 e. The molecule has 108 valence electrons. The lowest BCUT2D eigenvalue weighted by atomic mass is 9.64. The van der Waals surface area contributed by atoms with Crippen LogP contribution in [0.15, 0.2) is 4.99 Å². The van der Waals surface area contributed by atoms with Gasteiger partial charge in [0, 0.05) is 25.6 Å². The van der Waals surface area contributed by atoms with Crippen LogP contribution >= 0.6 is 0 Å². The maximum atomic E-state index is 6.49. The average molecular weight is 263 g/mol. The highest BCUT2D eigenvalue weighted by atomic mass is 15.2. The Morgan fingerprint density at radius 1 is 1.37 bits per heavy atom. The Bertz CT molecular complexity index is 338. The molecule has 3 unspecified atom stereocenters. The third-order valence-electron chi connectivity index (χ3n) is 4.98. The SMILES string of the molecule is BC1(N)CCCCC2C(CC/C(=N\C)N2C(C)C)C1. The molecule has 2 N–H and O–H groups in total. The fourth-order valence-corrected chi connectivity index (χ4v) is 4.16. The lowest BCUT2D eigenvalue weighted by Gasteiger charge is -2.49. The zero-order chi connectivity index (χ0) is 14.0. The van der Waals surface area contributed by atoms with Crippen molar-refractivity contribution >= 4 is 13.7 Å². The first kappa shape index (κ1) is 14.9. The summed E-state index contributed by atoms with van der Waals surface area (Å²) >= 11 is 0. The van der Waals surface area contributed by atoms with Gasteiger partial charge in [-0.25, -0.2) is 0 Å². The number of hydrogen-bond donors (Lipinski definition) is 1. The van der Waals surface area contributed by atoms with Crippen LogP contribution in [0.5, 0.6) is 0 Å². The maximum Gasteiger partial charge on any atom is 0.127 e. The molecule has 0 aromatic heterocycles. The molecule has 2 rings (SSSR count). The first-order valence-corrected chi connectivity index (χ1v) is 7.97. The van der Waals surface area contributed by atoms with Gasteiger partial charge in [-0.3, -0.25) is 4.99 Å². The fraction of sp³-hybridized carbons (Fsp3) is 0.933. The van der Waals surface area contributed by atoms with E-state index in [1.807, 2.05) is 7.05 Å². The highest BCUT2D eigenvalue weighted by Gasteiger charge is 2.39. The van der Waals surface area contributed by atoms with E-state index in [0.29, 0.717) is 12.1 Å². The van der Waals surface area contributed by atoms with Crippen LogP contribution in [0.2, 0.25) is 0 Å². The minimum Gasteiger partial charge on any atom is -0.355 e. The van der Waals surface area contributed by atoms with E-state index in [2.05, 4.69) is 31.6 Å². The lowest BCUT2D eigenvalue weighted by molar-refractivity contribution is 0.119. The highest BCUT2D eigenvalue weighted by molar-refractivity contribution is 6.15. The van der Waals surface area contributed by atoms with Crippen molar-refractivity contribution in [3.8, 4) is 0 Å². The minimum atomic E-state index is 0.0346. The van der Waals surface area contributed by atoms with Crippen LogP contribution in [0.3, 0.4) is 0 Å². The van der Waals surface area contributed by atoms with Gasteiger partial charge in [0.15, 0.2) is 0 Å². The summed E-state index contributed by atoms with van der Waals surface area (Å²) in [5.74, 6) is 2.07. The number of fused-ring (bicyclic) bond motifs is 1. The topological polar surface area (TPSA) is 41.6 Å². The van der Waals surface area contributed by atoms with Crippen LogP contribution in [0.1, 0.15) is 58.8 Å². The smallest absolute Gasteiger partial charge is 0.127 e. The first-order chi connectivity index (χ1) is 8.94. The van der Waals surface area contributed by atoms with Crippen molar-refractivity contribution in [1.82, 2.24) is 4.90 Å². The van der Waals surface area contributed by atoms with Gasteiger partial charge in [-0.15, -0.1) is 0 Å². The molecule has 0 aromatic rings. The zero-order valence-electron chi connectivity index (χ0n) is 13.2. The van der Waals surface area contributed by atoms with Gasteiger partial charge >= 0.3 is 0 Å². The Morgan fingerprint density at radius 2 is 2.11 bits per heavy atom. The molecule has 1 aliphatic heterocycles. The predicted molar refractivity (Wildman–Crippen MR) is 85.4 cm³/mol. The Labute approximate surface area is 119 Å². The maximum absolute atomic E-state index is 6.49. The van der Waals surface area contributed by atoms with Crippen LogP contribution in [0.25, 0.3) is 0 Å². The molecule has 19 heavy (non-hydrogen) atoms. The van der Waals surface area contributed by atoms with Gasteiger partial charge < -0.3 is 10.6 Å². The fourth-order valence-electron chi connectivity index (χ4n) is 4.16. The Kier molecular flexibility index (Phi) is 4.60. The Morgan fingerprint density at radius 3 is 2.74 bits per heavy atom. The molecule has 4 heteroatoms. The van der Waals surface area contributed by atoms with Crippen LogP contribution in [-0.4, -0.2) is 43.2 Å². The van der Waals surface area contributed by atoms with Crippen molar-refractivity contribution in [3.63, 3.8) is 0 Å². The molecule has 0 radical (unpaired) electrons. The summed E-state index contributed by atoms with van der Waals surface area (Å²) in [5, 5.41) is 0. The van der Waals surface area contributed by atoms with Crippen molar-refractivity contribution < 1.29 is 0 Å². The van der Waals surface area contributed by atoms with Crippen LogP contribution < -0.4 is 5.73 Å².